The third-order valence-corrected chi connectivity index (χ3v) is 7.35. The molecular formula is C21H25ClFN3O3S2. The zero-order valence-corrected chi connectivity index (χ0v) is 19.8. The summed E-state index contributed by atoms with van der Waals surface area (Å²) in [6.07, 6.45) is 0.566. The molecule has 0 saturated carbocycles. The van der Waals surface area contributed by atoms with Crippen LogP contribution in [0.25, 0.3) is 10.2 Å². The molecule has 0 radical (unpaired) electrons. The Hall–Kier alpha value is -2.07. The lowest BCUT2D eigenvalue weighted by Gasteiger charge is -2.21. The number of hydrogen-bond donors (Lipinski definition) is 0. The minimum Gasteiger partial charge on any atom is -0.309 e. The molecule has 0 N–H and O–H groups in total. The van der Waals surface area contributed by atoms with E-state index in [0.717, 1.165) is 35.3 Å². The number of sulfone groups is 1. The lowest BCUT2D eigenvalue weighted by Crippen LogP contribution is -2.34. The van der Waals surface area contributed by atoms with Crippen LogP contribution in [0.3, 0.4) is 0 Å². The number of carbonyl (C=O) groups excluding carboxylic acids is 1. The van der Waals surface area contributed by atoms with Gasteiger partial charge in [-0.3, -0.25) is 9.69 Å². The van der Waals surface area contributed by atoms with Crippen molar-refractivity contribution >= 4 is 54.8 Å². The average Bonchev–Trinajstić information content (AvgIpc) is 3.13. The number of benzene rings is 2. The number of fused-ring (bicyclic) bond motifs is 1. The number of carbonyl (C=O) groups is 1. The summed E-state index contributed by atoms with van der Waals surface area (Å²) < 4.78 is 39.1. The first-order valence-corrected chi connectivity index (χ1v) is 12.0. The summed E-state index contributed by atoms with van der Waals surface area (Å²) in [6.45, 7) is 1.25. The third-order valence-electron chi connectivity index (χ3n) is 4.56. The van der Waals surface area contributed by atoms with Crippen molar-refractivity contribution in [2.75, 3.05) is 37.8 Å². The quantitative estimate of drug-likeness (QED) is 0.428. The van der Waals surface area contributed by atoms with E-state index in [9.17, 15) is 17.6 Å². The highest BCUT2D eigenvalue weighted by atomic mass is 35.5. The molecule has 0 aliphatic rings. The molecule has 1 heterocycles. The van der Waals surface area contributed by atoms with Gasteiger partial charge in [0.1, 0.15) is 5.82 Å². The van der Waals surface area contributed by atoms with E-state index in [-0.39, 0.29) is 35.4 Å². The van der Waals surface area contributed by atoms with Gasteiger partial charge in [0, 0.05) is 13.0 Å². The minimum absolute atomic E-state index is 0. The van der Waals surface area contributed by atoms with E-state index in [1.54, 1.807) is 4.90 Å². The number of para-hydroxylation sites is 1. The van der Waals surface area contributed by atoms with Crippen LogP contribution in [0.4, 0.5) is 9.52 Å². The summed E-state index contributed by atoms with van der Waals surface area (Å²) in [5, 5.41) is 0.569. The van der Waals surface area contributed by atoms with Gasteiger partial charge in [-0.25, -0.2) is 17.8 Å². The summed E-state index contributed by atoms with van der Waals surface area (Å²) in [7, 11) is 0.229. The molecule has 6 nitrogen and oxygen atoms in total. The van der Waals surface area contributed by atoms with Crippen LogP contribution in [0.2, 0.25) is 0 Å². The number of anilines is 1. The zero-order valence-electron chi connectivity index (χ0n) is 17.3. The first-order valence-electron chi connectivity index (χ1n) is 9.55. The summed E-state index contributed by atoms with van der Waals surface area (Å²) >= 11 is 1.41. The van der Waals surface area contributed by atoms with Gasteiger partial charge in [0.05, 0.1) is 20.9 Å². The van der Waals surface area contributed by atoms with Crippen LogP contribution in [0.5, 0.6) is 0 Å². The number of nitrogens with zero attached hydrogens (tertiary/aromatic N) is 3. The van der Waals surface area contributed by atoms with E-state index in [2.05, 4.69) is 4.98 Å². The smallest absolute Gasteiger partial charge is 0.229 e. The largest absolute Gasteiger partial charge is 0.309 e. The van der Waals surface area contributed by atoms with Crippen LogP contribution < -0.4 is 4.90 Å². The standard InChI is InChI=1S/C21H24FN3O3S2.ClH/c1-24(2)13-5-14-25(21-23-18-6-3-4-7-19(18)29-21)20(26)12-15-30(27,28)17-10-8-16(22)9-11-17;/h3-4,6-11H,5,12-15H2,1-2H3;1H. The van der Waals surface area contributed by atoms with Gasteiger partial charge in [-0.05, 0) is 63.5 Å². The Balaban J connectivity index is 0.00000341. The minimum atomic E-state index is -3.69. The van der Waals surface area contributed by atoms with Crippen LogP contribution in [-0.4, -0.2) is 57.1 Å². The van der Waals surface area contributed by atoms with E-state index < -0.39 is 15.7 Å². The predicted octanol–water partition coefficient (Wildman–Crippen LogP) is 4.01. The van der Waals surface area contributed by atoms with Crippen LogP contribution in [0.15, 0.2) is 53.4 Å². The maximum atomic E-state index is 13.1. The Bertz CT molecular complexity index is 1090. The molecule has 1 aromatic heterocycles. The molecule has 0 aliphatic heterocycles. The van der Waals surface area contributed by atoms with Crippen molar-refractivity contribution in [1.29, 1.82) is 0 Å². The van der Waals surface area contributed by atoms with Crippen LogP contribution in [-0.2, 0) is 14.6 Å². The van der Waals surface area contributed by atoms with Gasteiger partial charge in [0.25, 0.3) is 0 Å². The van der Waals surface area contributed by atoms with Crippen molar-refractivity contribution in [2.24, 2.45) is 0 Å². The molecule has 3 rings (SSSR count). The molecule has 0 bridgehead atoms. The predicted molar refractivity (Wildman–Crippen MR) is 125 cm³/mol. The normalized spacial score (nSPS) is 11.5. The summed E-state index contributed by atoms with van der Waals surface area (Å²) in [5.41, 5.74) is 0.807. The molecule has 10 heteroatoms. The van der Waals surface area contributed by atoms with Crippen LogP contribution in [0, 0.1) is 5.82 Å². The number of thiazole rings is 1. The summed E-state index contributed by atoms with van der Waals surface area (Å²) in [5.74, 6) is -1.14. The van der Waals surface area contributed by atoms with Gasteiger partial charge in [-0.15, -0.1) is 12.4 Å². The number of halogens is 2. The Kier molecular flexibility index (Phi) is 8.93. The molecule has 1 amide bonds. The fourth-order valence-electron chi connectivity index (χ4n) is 2.96. The Morgan fingerprint density at radius 2 is 1.74 bits per heavy atom. The maximum Gasteiger partial charge on any atom is 0.229 e. The van der Waals surface area contributed by atoms with Gasteiger partial charge in [0.2, 0.25) is 5.91 Å². The lowest BCUT2D eigenvalue weighted by atomic mass is 10.3. The lowest BCUT2D eigenvalue weighted by molar-refractivity contribution is -0.118. The monoisotopic (exact) mass is 485 g/mol. The molecule has 2 aromatic carbocycles. The van der Waals surface area contributed by atoms with Crippen molar-refractivity contribution in [3.63, 3.8) is 0 Å². The average molecular weight is 486 g/mol. The SMILES string of the molecule is CN(C)CCCN(C(=O)CCS(=O)(=O)c1ccc(F)cc1)c1nc2ccccc2s1.Cl. The van der Waals surface area contributed by atoms with E-state index in [0.29, 0.717) is 11.7 Å². The fraction of sp³-hybridized carbons (Fsp3) is 0.333. The van der Waals surface area contributed by atoms with Gasteiger partial charge in [-0.2, -0.15) is 0 Å². The van der Waals surface area contributed by atoms with E-state index >= 15 is 0 Å². The molecule has 0 unspecified atom stereocenters. The van der Waals surface area contributed by atoms with Gasteiger partial charge < -0.3 is 4.90 Å². The Morgan fingerprint density at radius 1 is 1.06 bits per heavy atom. The van der Waals surface area contributed by atoms with Crippen molar-refractivity contribution in [1.82, 2.24) is 9.88 Å². The van der Waals surface area contributed by atoms with Gasteiger partial charge in [0.15, 0.2) is 15.0 Å². The van der Waals surface area contributed by atoms with Gasteiger partial charge in [-0.1, -0.05) is 23.5 Å². The summed E-state index contributed by atoms with van der Waals surface area (Å²) in [4.78, 5) is 21.2. The number of aromatic nitrogens is 1. The highest BCUT2D eigenvalue weighted by Crippen LogP contribution is 2.29. The molecule has 31 heavy (non-hydrogen) atoms. The second kappa shape index (κ2) is 11.0. The number of amides is 1. The zero-order chi connectivity index (χ0) is 21.7. The fourth-order valence-corrected chi connectivity index (χ4v) is 5.20. The molecule has 3 aromatic rings. The van der Waals surface area contributed by atoms with Crippen molar-refractivity contribution in [3.05, 3.63) is 54.3 Å². The Morgan fingerprint density at radius 3 is 2.39 bits per heavy atom. The number of rotatable bonds is 9. The van der Waals surface area contributed by atoms with E-state index in [1.165, 1.54) is 23.5 Å². The third kappa shape index (κ3) is 6.70. The second-order valence-electron chi connectivity index (χ2n) is 7.19. The molecule has 168 valence electrons. The molecule has 0 atom stereocenters. The first-order chi connectivity index (χ1) is 14.3. The van der Waals surface area contributed by atoms with Crippen LogP contribution >= 0.6 is 23.7 Å². The van der Waals surface area contributed by atoms with Crippen LogP contribution in [0.1, 0.15) is 12.8 Å². The molecule has 0 spiro atoms. The van der Waals surface area contributed by atoms with Crippen molar-refractivity contribution < 1.29 is 17.6 Å². The highest BCUT2D eigenvalue weighted by Gasteiger charge is 2.23. The maximum absolute atomic E-state index is 13.1. The molecule has 0 saturated heterocycles. The molecule has 0 aliphatic carbocycles. The van der Waals surface area contributed by atoms with Crippen molar-refractivity contribution in [3.8, 4) is 0 Å². The first kappa shape index (κ1) is 25.2. The molecular weight excluding hydrogens is 461 g/mol. The topological polar surface area (TPSA) is 70.6 Å². The molecule has 0 fully saturated rings. The summed E-state index contributed by atoms with van der Waals surface area (Å²) in [6, 6.07) is 12.3. The number of hydrogen-bond acceptors (Lipinski definition) is 6. The second-order valence-corrected chi connectivity index (χ2v) is 10.3. The Labute approximate surface area is 192 Å². The van der Waals surface area contributed by atoms with E-state index in [4.69, 9.17) is 0 Å². The van der Waals surface area contributed by atoms with E-state index in [1.807, 2.05) is 43.3 Å². The van der Waals surface area contributed by atoms with Crippen molar-refractivity contribution in [2.45, 2.75) is 17.7 Å². The van der Waals surface area contributed by atoms with Gasteiger partial charge >= 0.3 is 0 Å². The highest BCUT2D eigenvalue weighted by molar-refractivity contribution is 7.91.